The lowest BCUT2D eigenvalue weighted by molar-refractivity contribution is 0.0660. The molecule has 0 spiro atoms. The Balaban J connectivity index is 2.10. The first kappa shape index (κ1) is 13.8. The van der Waals surface area contributed by atoms with Crippen LogP contribution in [0.3, 0.4) is 0 Å². The third kappa shape index (κ3) is 3.05. The third-order valence-electron chi connectivity index (χ3n) is 3.87. The van der Waals surface area contributed by atoms with Gasteiger partial charge in [0, 0.05) is 13.1 Å². The number of anilines is 1. The molecule has 5 heteroatoms. The lowest BCUT2D eigenvalue weighted by atomic mass is 10.0. The van der Waals surface area contributed by atoms with Crippen LogP contribution in [0.15, 0.2) is 24.3 Å². The highest BCUT2D eigenvalue weighted by Crippen LogP contribution is 2.20. The van der Waals surface area contributed by atoms with Gasteiger partial charge in [-0.2, -0.15) is 0 Å². The molecule has 104 valence electrons. The van der Waals surface area contributed by atoms with Crippen molar-refractivity contribution in [3.63, 3.8) is 0 Å². The summed E-state index contributed by atoms with van der Waals surface area (Å²) in [4.78, 5) is 16.7. The molecule has 19 heavy (non-hydrogen) atoms. The molecule has 3 N–H and O–H groups in total. The van der Waals surface area contributed by atoms with Gasteiger partial charge in [0.25, 0.3) is 5.91 Å². The van der Waals surface area contributed by atoms with Gasteiger partial charge in [-0.05, 0) is 45.1 Å². The maximum atomic E-state index is 12.5. The van der Waals surface area contributed by atoms with Gasteiger partial charge < -0.3 is 15.2 Å². The number of nitrogens with two attached hydrogens (primary N) is 1. The first-order valence-corrected chi connectivity index (χ1v) is 6.65. The van der Waals surface area contributed by atoms with Crippen LogP contribution in [0, 0.1) is 0 Å². The number of hydrazine groups is 1. The maximum Gasteiger partial charge on any atom is 0.255 e. The van der Waals surface area contributed by atoms with Crippen LogP contribution in [-0.2, 0) is 0 Å². The molecule has 0 unspecified atom stereocenters. The minimum atomic E-state index is 0.0307. The second-order valence-corrected chi connectivity index (χ2v) is 5.14. The number of carbonyl (C=O) groups excluding carboxylic acids is 1. The summed E-state index contributed by atoms with van der Waals surface area (Å²) in [7, 11) is 4.00. The summed E-state index contributed by atoms with van der Waals surface area (Å²) >= 11 is 0. The third-order valence-corrected chi connectivity index (χ3v) is 3.87. The van der Waals surface area contributed by atoms with Gasteiger partial charge in [-0.25, -0.2) is 0 Å². The number of piperidine rings is 1. The molecule has 0 aromatic heterocycles. The van der Waals surface area contributed by atoms with Crippen LogP contribution in [0.1, 0.15) is 23.2 Å². The van der Waals surface area contributed by atoms with E-state index in [0.29, 0.717) is 17.3 Å². The van der Waals surface area contributed by atoms with Gasteiger partial charge in [-0.3, -0.25) is 10.6 Å². The fourth-order valence-electron chi connectivity index (χ4n) is 2.53. The van der Waals surface area contributed by atoms with E-state index in [4.69, 9.17) is 5.84 Å². The van der Waals surface area contributed by atoms with E-state index in [1.54, 1.807) is 0 Å². The zero-order valence-electron chi connectivity index (χ0n) is 11.6. The normalized spacial score (nSPS) is 17.2. The van der Waals surface area contributed by atoms with E-state index < -0.39 is 0 Å². The lowest BCUT2D eigenvalue weighted by Crippen LogP contribution is -2.44. The number of nitrogens with one attached hydrogen (secondary N) is 1. The summed E-state index contributed by atoms with van der Waals surface area (Å²) in [6.45, 7) is 2.08. The monoisotopic (exact) mass is 262 g/mol. The molecule has 1 heterocycles. The minimum absolute atomic E-state index is 0.0307. The number of rotatable bonds is 3. The quantitative estimate of drug-likeness (QED) is 0.633. The molecule has 1 aromatic carbocycles. The molecule has 1 saturated heterocycles. The van der Waals surface area contributed by atoms with E-state index in [9.17, 15) is 4.79 Å². The van der Waals surface area contributed by atoms with E-state index in [0.717, 1.165) is 25.9 Å². The Kier molecular flexibility index (Phi) is 4.39. The van der Waals surface area contributed by atoms with E-state index in [1.807, 2.05) is 36.2 Å². The Morgan fingerprint density at radius 2 is 2.00 bits per heavy atom. The molecule has 0 bridgehead atoms. The molecule has 5 nitrogen and oxygen atoms in total. The number of carbonyl (C=O) groups is 1. The van der Waals surface area contributed by atoms with Crippen molar-refractivity contribution in [2.24, 2.45) is 5.84 Å². The van der Waals surface area contributed by atoms with Crippen LogP contribution < -0.4 is 11.3 Å². The van der Waals surface area contributed by atoms with Crippen molar-refractivity contribution >= 4 is 11.6 Å². The second kappa shape index (κ2) is 6.04. The van der Waals surface area contributed by atoms with E-state index in [-0.39, 0.29) is 5.91 Å². The zero-order valence-corrected chi connectivity index (χ0v) is 11.6. The summed E-state index contributed by atoms with van der Waals surface area (Å²) < 4.78 is 0. The highest BCUT2D eigenvalue weighted by atomic mass is 16.2. The summed E-state index contributed by atoms with van der Waals surface area (Å²) in [5.41, 5.74) is 3.89. The second-order valence-electron chi connectivity index (χ2n) is 5.14. The van der Waals surface area contributed by atoms with Crippen LogP contribution in [0.25, 0.3) is 0 Å². The highest BCUT2D eigenvalue weighted by molar-refractivity contribution is 5.99. The standard InChI is InChI=1S/C14H22N4O/c1-17-9-7-11(8-10-17)18(2)14(19)12-5-3-4-6-13(12)16-15/h3-6,11,16H,7-10,15H2,1-2H3. The molecule has 0 saturated carbocycles. The van der Waals surface area contributed by atoms with Crippen LogP contribution in [0.2, 0.25) is 0 Å². The molecule has 0 radical (unpaired) electrons. The van der Waals surface area contributed by atoms with Gasteiger partial charge in [-0.15, -0.1) is 0 Å². The molecule has 1 amide bonds. The molecule has 1 fully saturated rings. The van der Waals surface area contributed by atoms with Crippen molar-refractivity contribution in [2.45, 2.75) is 18.9 Å². The number of hydrogen-bond acceptors (Lipinski definition) is 4. The van der Waals surface area contributed by atoms with Gasteiger partial charge in [0.1, 0.15) is 0 Å². The summed E-state index contributed by atoms with van der Waals surface area (Å²) in [5.74, 6) is 5.49. The number of amides is 1. The number of nitrogen functional groups attached to an aromatic ring is 1. The first-order chi connectivity index (χ1) is 9.13. The van der Waals surface area contributed by atoms with Crippen molar-refractivity contribution in [3.05, 3.63) is 29.8 Å². The number of benzene rings is 1. The minimum Gasteiger partial charge on any atom is -0.339 e. The number of nitrogens with zero attached hydrogens (tertiary/aromatic N) is 2. The Bertz CT molecular complexity index is 441. The highest BCUT2D eigenvalue weighted by Gasteiger charge is 2.25. The smallest absolute Gasteiger partial charge is 0.255 e. The number of para-hydroxylation sites is 1. The van der Waals surface area contributed by atoms with E-state index >= 15 is 0 Å². The Morgan fingerprint density at radius 1 is 1.37 bits per heavy atom. The molecule has 1 aliphatic rings. The molecule has 0 aliphatic carbocycles. The molecule has 0 atom stereocenters. The van der Waals surface area contributed by atoms with Crippen molar-refractivity contribution in [3.8, 4) is 0 Å². The van der Waals surface area contributed by atoms with Crippen LogP contribution in [0.4, 0.5) is 5.69 Å². The van der Waals surface area contributed by atoms with Gasteiger partial charge in [0.15, 0.2) is 0 Å². The molecule has 2 rings (SSSR count). The lowest BCUT2D eigenvalue weighted by Gasteiger charge is -2.35. The SMILES string of the molecule is CN1CCC(N(C)C(=O)c2ccccc2NN)CC1. The molecular formula is C14H22N4O. The Morgan fingerprint density at radius 3 is 2.63 bits per heavy atom. The summed E-state index contributed by atoms with van der Waals surface area (Å²) in [5, 5.41) is 0. The fraction of sp³-hybridized carbons (Fsp3) is 0.500. The topological polar surface area (TPSA) is 61.6 Å². The van der Waals surface area contributed by atoms with E-state index in [2.05, 4.69) is 17.4 Å². The largest absolute Gasteiger partial charge is 0.339 e. The summed E-state index contributed by atoms with van der Waals surface area (Å²) in [6, 6.07) is 7.66. The zero-order chi connectivity index (χ0) is 13.8. The van der Waals surface area contributed by atoms with Crippen LogP contribution in [-0.4, -0.2) is 48.9 Å². The first-order valence-electron chi connectivity index (χ1n) is 6.65. The Labute approximate surface area is 114 Å². The van der Waals surface area contributed by atoms with Gasteiger partial charge >= 0.3 is 0 Å². The predicted octanol–water partition coefficient (Wildman–Crippen LogP) is 1.14. The average molecular weight is 262 g/mol. The molecule has 1 aromatic rings. The average Bonchev–Trinajstić information content (AvgIpc) is 2.46. The molecular weight excluding hydrogens is 240 g/mol. The predicted molar refractivity (Wildman–Crippen MR) is 76.9 cm³/mol. The Hall–Kier alpha value is -1.59. The maximum absolute atomic E-state index is 12.5. The van der Waals surface area contributed by atoms with Crippen LogP contribution >= 0.6 is 0 Å². The molecule has 1 aliphatic heterocycles. The van der Waals surface area contributed by atoms with Gasteiger partial charge in [-0.1, -0.05) is 12.1 Å². The number of hydrogen-bond donors (Lipinski definition) is 2. The van der Waals surface area contributed by atoms with E-state index in [1.165, 1.54) is 0 Å². The van der Waals surface area contributed by atoms with Crippen molar-refractivity contribution in [1.82, 2.24) is 9.80 Å². The summed E-state index contributed by atoms with van der Waals surface area (Å²) in [6.07, 6.45) is 2.05. The number of likely N-dealkylation sites (tertiary alicyclic amines) is 1. The van der Waals surface area contributed by atoms with Crippen molar-refractivity contribution < 1.29 is 4.79 Å². The van der Waals surface area contributed by atoms with Crippen molar-refractivity contribution in [2.75, 3.05) is 32.6 Å². The van der Waals surface area contributed by atoms with Crippen LogP contribution in [0.5, 0.6) is 0 Å². The van der Waals surface area contributed by atoms with Crippen molar-refractivity contribution in [1.29, 1.82) is 0 Å². The van der Waals surface area contributed by atoms with Gasteiger partial charge in [0.05, 0.1) is 11.3 Å². The van der Waals surface area contributed by atoms with Gasteiger partial charge in [0.2, 0.25) is 0 Å². The fourth-order valence-corrected chi connectivity index (χ4v) is 2.53.